The van der Waals surface area contributed by atoms with Gasteiger partial charge in [0, 0.05) is 19.2 Å². The summed E-state index contributed by atoms with van der Waals surface area (Å²) in [6.07, 6.45) is 2.11. The molecule has 2 aliphatic heterocycles. The number of methoxy groups -OCH3 is 1. The number of piperidine rings is 1. The highest BCUT2D eigenvalue weighted by Gasteiger charge is 2.43. The van der Waals surface area contributed by atoms with Gasteiger partial charge in [0.1, 0.15) is 0 Å². The van der Waals surface area contributed by atoms with Gasteiger partial charge in [0.25, 0.3) is 5.91 Å². The van der Waals surface area contributed by atoms with Gasteiger partial charge in [-0.05, 0) is 56.9 Å². The van der Waals surface area contributed by atoms with Crippen LogP contribution in [0.4, 0.5) is 0 Å². The lowest BCUT2D eigenvalue weighted by Gasteiger charge is -2.40. The normalized spacial score (nSPS) is 17.1. The molecule has 2 amide bonds. The van der Waals surface area contributed by atoms with Crippen molar-refractivity contribution in [2.75, 3.05) is 33.3 Å². The number of rotatable bonds is 8. The third-order valence-corrected chi connectivity index (χ3v) is 7.70. The van der Waals surface area contributed by atoms with E-state index in [1.54, 1.807) is 6.92 Å². The number of ether oxygens (including phenoxy) is 1. The van der Waals surface area contributed by atoms with Crippen LogP contribution < -0.4 is 5.32 Å². The maximum absolute atomic E-state index is 13.4. The van der Waals surface area contributed by atoms with Gasteiger partial charge in [-0.3, -0.25) is 24.3 Å². The molecule has 4 rings (SSSR count). The molecule has 2 radical (unpaired) electrons. The number of likely N-dealkylation sites (tertiary alicyclic amines) is 1. The van der Waals surface area contributed by atoms with Crippen LogP contribution in [0, 0.1) is 0 Å². The summed E-state index contributed by atoms with van der Waals surface area (Å²) in [5.41, 5.74) is 2.14. The Morgan fingerprint density at radius 2 is 1.47 bits per heavy atom. The minimum absolute atomic E-state index is 0.0778. The molecule has 2 aromatic rings. The largest absolute Gasteiger partial charge is 0.468 e. The lowest BCUT2D eigenvalue weighted by atomic mass is 9.72. The van der Waals surface area contributed by atoms with E-state index in [0.29, 0.717) is 30.7 Å². The summed E-state index contributed by atoms with van der Waals surface area (Å²) in [7, 11) is 7.55. The van der Waals surface area contributed by atoms with E-state index in [9.17, 15) is 14.4 Å². The number of allylic oxidation sites excluding steroid dienone is 1. The number of carbonyl (C=O) groups is 3. The van der Waals surface area contributed by atoms with Crippen molar-refractivity contribution in [2.45, 2.75) is 86.1 Å². The summed E-state index contributed by atoms with van der Waals surface area (Å²) in [5.74, 6) is -0.740. The van der Waals surface area contributed by atoms with Gasteiger partial charge in [0.15, 0.2) is 7.85 Å². The second-order valence-corrected chi connectivity index (χ2v) is 10.1. The van der Waals surface area contributed by atoms with Gasteiger partial charge in [-0.15, -0.1) is 0 Å². The van der Waals surface area contributed by atoms with Crippen molar-refractivity contribution in [3.05, 3.63) is 83.1 Å². The first-order valence-corrected chi connectivity index (χ1v) is 16.3. The summed E-state index contributed by atoms with van der Waals surface area (Å²) in [4.78, 5) is 46.6. The monoisotopic (exact) mass is 616 g/mol. The fraction of sp³-hybridized carbons (Fsp3) is 0.500. The van der Waals surface area contributed by atoms with Crippen molar-refractivity contribution in [3.63, 3.8) is 0 Å². The highest BCUT2D eigenvalue weighted by atomic mass is 16.5. The molecule has 9 heteroatoms. The Bertz CT molecular complexity index is 1260. The quantitative estimate of drug-likeness (QED) is 0.217. The third-order valence-electron chi connectivity index (χ3n) is 7.70. The molecule has 1 N–H and O–H groups in total. The zero-order chi connectivity index (χ0) is 34.0. The summed E-state index contributed by atoms with van der Waals surface area (Å²) >= 11 is 0. The molecule has 45 heavy (non-hydrogen) atoms. The van der Waals surface area contributed by atoms with Crippen LogP contribution in [0.1, 0.15) is 91.8 Å². The standard InChI is InChI=1S/C30H35BN4O4.3C2H6/c1-21-25(26(23-11-6-4-7-12-23)35(22(2)36)29(31)33-21)27(37)32-17-10-18-34-19-15-30(16-20-34,28(38)39-3)24-13-8-5-9-14-24;3*1-2/h4-9,11-14,26H,10,15-20H2,1-3H3,(H,32,37);3*1-2H3. The van der Waals surface area contributed by atoms with Gasteiger partial charge in [0.2, 0.25) is 5.91 Å². The predicted molar refractivity (Wildman–Crippen MR) is 185 cm³/mol. The number of carbonyl (C=O) groups excluding carboxylic acids is 3. The van der Waals surface area contributed by atoms with Crippen molar-refractivity contribution < 1.29 is 19.1 Å². The zero-order valence-electron chi connectivity index (χ0n) is 28.9. The molecular formula is C36H53BN4O4. The van der Waals surface area contributed by atoms with Crippen LogP contribution in [0.25, 0.3) is 0 Å². The molecule has 0 spiro atoms. The molecule has 244 valence electrons. The first kappa shape index (κ1) is 39.3. The number of amidine groups is 1. The molecule has 2 aliphatic rings. The smallest absolute Gasteiger partial charge is 0.316 e. The number of esters is 1. The van der Waals surface area contributed by atoms with E-state index in [-0.39, 0.29) is 23.5 Å². The zero-order valence-corrected chi connectivity index (χ0v) is 28.9. The van der Waals surface area contributed by atoms with E-state index in [1.807, 2.05) is 102 Å². The molecule has 1 unspecified atom stereocenters. The summed E-state index contributed by atoms with van der Waals surface area (Å²) in [6, 6.07) is 18.6. The van der Waals surface area contributed by atoms with E-state index in [2.05, 4.69) is 15.2 Å². The van der Waals surface area contributed by atoms with Gasteiger partial charge < -0.3 is 15.0 Å². The van der Waals surface area contributed by atoms with Crippen LogP contribution in [-0.4, -0.2) is 74.5 Å². The van der Waals surface area contributed by atoms with Crippen LogP contribution in [0.3, 0.4) is 0 Å². The van der Waals surface area contributed by atoms with E-state index in [4.69, 9.17) is 12.6 Å². The Balaban J connectivity index is 0.00000159. The number of benzene rings is 2. The molecule has 0 aliphatic carbocycles. The summed E-state index contributed by atoms with van der Waals surface area (Å²) in [6.45, 7) is 17.9. The molecule has 1 atom stereocenters. The molecule has 1 fully saturated rings. The van der Waals surface area contributed by atoms with Gasteiger partial charge in [-0.2, -0.15) is 0 Å². The highest BCUT2D eigenvalue weighted by Crippen LogP contribution is 2.37. The van der Waals surface area contributed by atoms with E-state index in [0.717, 1.165) is 37.2 Å². The minimum Gasteiger partial charge on any atom is -0.468 e. The van der Waals surface area contributed by atoms with Crippen molar-refractivity contribution in [3.8, 4) is 0 Å². The maximum Gasteiger partial charge on any atom is 0.316 e. The Morgan fingerprint density at radius 3 is 1.98 bits per heavy atom. The molecule has 0 saturated carbocycles. The number of nitrogens with zero attached hydrogens (tertiary/aromatic N) is 3. The van der Waals surface area contributed by atoms with Crippen molar-refractivity contribution in [1.82, 2.24) is 15.1 Å². The van der Waals surface area contributed by atoms with Gasteiger partial charge in [-0.25, -0.2) is 0 Å². The fourth-order valence-corrected chi connectivity index (χ4v) is 5.65. The van der Waals surface area contributed by atoms with Crippen molar-refractivity contribution >= 4 is 31.4 Å². The molecule has 8 nitrogen and oxygen atoms in total. The second kappa shape index (κ2) is 20.3. The van der Waals surface area contributed by atoms with Crippen LogP contribution >= 0.6 is 0 Å². The number of aliphatic imine (C=N–C) groups is 1. The van der Waals surface area contributed by atoms with Crippen LogP contribution in [0.2, 0.25) is 0 Å². The highest BCUT2D eigenvalue weighted by molar-refractivity contribution is 6.60. The Hall–Kier alpha value is -3.72. The molecule has 2 heterocycles. The van der Waals surface area contributed by atoms with E-state index in [1.165, 1.54) is 18.9 Å². The Kier molecular flexibility index (Phi) is 17.8. The SMILES string of the molecule is CC.CC.CC.[B]C1=NC(C)=C(C(=O)NCCCN2CCC(C(=O)OC)(c3ccccc3)CC2)C(c2ccccc2)N1C(C)=O. The van der Waals surface area contributed by atoms with Crippen molar-refractivity contribution in [1.29, 1.82) is 0 Å². The molecule has 1 saturated heterocycles. The summed E-state index contributed by atoms with van der Waals surface area (Å²) in [5, 5.41) is 3.02. The van der Waals surface area contributed by atoms with Crippen LogP contribution in [0.5, 0.6) is 0 Å². The third kappa shape index (κ3) is 9.89. The average Bonchev–Trinajstić information content (AvgIpc) is 3.09. The Labute approximate surface area is 272 Å². The van der Waals surface area contributed by atoms with E-state index >= 15 is 0 Å². The minimum atomic E-state index is -0.646. The summed E-state index contributed by atoms with van der Waals surface area (Å²) < 4.78 is 5.19. The lowest BCUT2D eigenvalue weighted by molar-refractivity contribution is -0.149. The molecule has 2 aromatic carbocycles. The maximum atomic E-state index is 13.4. The average molecular weight is 617 g/mol. The molecule has 0 aromatic heterocycles. The first-order valence-electron chi connectivity index (χ1n) is 16.3. The van der Waals surface area contributed by atoms with Crippen molar-refractivity contribution in [2.24, 2.45) is 4.99 Å². The lowest BCUT2D eigenvalue weighted by Crippen LogP contribution is -2.48. The Morgan fingerprint density at radius 1 is 0.933 bits per heavy atom. The van der Waals surface area contributed by atoms with Crippen LogP contribution in [0.15, 0.2) is 76.9 Å². The number of amides is 2. The van der Waals surface area contributed by atoms with Gasteiger partial charge >= 0.3 is 5.97 Å². The fourth-order valence-electron chi connectivity index (χ4n) is 5.65. The second-order valence-electron chi connectivity index (χ2n) is 10.1. The topological polar surface area (TPSA) is 91.3 Å². The first-order chi connectivity index (χ1) is 21.8. The molecule has 0 bridgehead atoms. The number of hydrogen-bond acceptors (Lipinski definition) is 6. The van der Waals surface area contributed by atoms with Crippen LogP contribution in [-0.2, 0) is 24.5 Å². The predicted octanol–water partition coefficient (Wildman–Crippen LogP) is 6.18. The van der Waals surface area contributed by atoms with Gasteiger partial charge in [0.05, 0.1) is 29.9 Å². The molecular weight excluding hydrogens is 563 g/mol. The van der Waals surface area contributed by atoms with Gasteiger partial charge in [-0.1, -0.05) is 102 Å². The van der Waals surface area contributed by atoms with E-state index < -0.39 is 11.5 Å². The number of nitrogens with one attached hydrogen (secondary N) is 1. The number of hydrogen-bond donors (Lipinski definition) is 1.